The lowest BCUT2D eigenvalue weighted by Gasteiger charge is -2.10. The molecule has 0 amide bonds. The van der Waals surface area contributed by atoms with E-state index in [1.54, 1.807) is 55.5 Å². The van der Waals surface area contributed by atoms with Gasteiger partial charge in [0.1, 0.15) is 11.5 Å². The predicted octanol–water partition coefficient (Wildman–Crippen LogP) is 5.90. The number of benzene rings is 3. The van der Waals surface area contributed by atoms with Gasteiger partial charge in [-0.25, -0.2) is 9.59 Å². The second-order valence-corrected chi connectivity index (χ2v) is 8.22. The normalized spacial score (nSPS) is 11.6. The summed E-state index contributed by atoms with van der Waals surface area (Å²) in [6, 6.07) is 17.2. The maximum absolute atomic E-state index is 12.6. The van der Waals surface area contributed by atoms with Crippen LogP contribution in [0.2, 0.25) is 0 Å². The second-order valence-electron chi connectivity index (χ2n) is 8.22. The SMILES string of the molecule is CCOC(=O)C(=Cc1ccc(C(=O)Oc2ccc(OCCCC(F)(F)F)cc2)cc1)c1cc(N)cc(N)c1. The molecule has 4 N–H and O–H groups in total. The number of hydrogen-bond acceptors (Lipinski definition) is 7. The van der Waals surface area contributed by atoms with Crippen LogP contribution < -0.4 is 20.9 Å². The molecule has 0 fully saturated rings. The van der Waals surface area contributed by atoms with E-state index in [4.69, 9.17) is 25.7 Å². The Bertz CT molecular complexity index is 1270. The predicted molar refractivity (Wildman–Crippen MR) is 138 cm³/mol. The summed E-state index contributed by atoms with van der Waals surface area (Å²) in [5.41, 5.74) is 14.2. The van der Waals surface area contributed by atoms with E-state index in [-0.39, 0.29) is 36.5 Å². The Labute approximate surface area is 217 Å². The van der Waals surface area contributed by atoms with Gasteiger partial charge in [-0.2, -0.15) is 13.2 Å². The van der Waals surface area contributed by atoms with Crippen molar-refractivity contribution in [2.75, 3.05) is 24.7 Å². The molecule has 3 aromatic rings. The van der Waals surface area contributed by atoms with Gasteiger partial charge in [0.15, 0.2) is 0 Å². The molecule has 3 aromatic carbocycles. The number of anilines is 2. The minimum atomic E-state index is -4.22. The van der Waals surface area contributed by atoms with Crippen molar-refractivity contribution in [1.29, 1.82) is 0 Å². The maximum atomic E-state index is 12.6. The molecule has 200 valence electrons. The Hall–Kier alpha value is -4.47. The molecule has 0 spiro atoms. The fraction of sp³-hybridized carbons (Fsp3) is 0.214. The van der Waals surface area contributed by atoms with Gasteiger partial charge in [0.2, 0.25) is 0 Å². The first kappa shape index (κ1) is 28.1. The number of carbonyl (C=O) groups is 2. The topological polar surface area (TPSA) is 114 Å². The first-order valence-corrected chi connectivity index (χ1v) is 11.7. The van der Waals surface area contributed by atoms with Crippen molar-refractivity contribution in [2.24, 2.45) is 0 Å². The van der Waals surface area contributed by atoms with Gasteiger partial charge in [0.25, 0.3) is 0 Å². The molecule has 0 saturated carbocycles. The fourth-order valence-electron chi connectivity index (χ4n) is 3.42. The molecule has 0 aliphatic heterocycles. The summed E-state index contributed by atoms with van der Waals surface area (Å²) >= 11 is 0. The Morgan fingerprint density at radius 3 is 2.05 bits per heavy atom. The number of nitrogens with two attached hydrogens (primary N) is 2. The third kappa shape index (κ3) is 8.58. The Balaban J connectivity index is 1.66. The van der Waals surface area contributed by atoms with Crippen LogP contribution in [0.1, 0.15) is 41.3 Å². The molecule has 38 heavy (non-hydrogen) atoms. The van der Waals surface area contributed by atoms with Crippen LogP contribution in [0, 0.1) is 0 Å². The first-order chi connectivity index (χ1) is 18.0. The summed E-state index contributed by atoms with van der Waals surface area (Å²) in [7, 11) is 0. The molecule has 0 radical (unpaired) electrons. The summed E-state index contributed by atoms with van der Waals surface area (Å²) in [5.74, 6) is -0.560. The maximum Gasteiger partial charge on any atom is 0.389 e. The number of ether oxygens (including phenoxy) is 3. The van der Waals surface area contributed by atoms with E-state index in [2.05, 4.69) is 0 Å². The van der Waals surface area contributed by atoms with E-state index in [1.807, 2.05) is 0 Å². The average Bonchev–Trinajstić information content (AvgIpc) is 2.85. The highest BCUT2D eigenvalue weighted by atomic mass is 19.4. The molecular weight excluding hydrogens is 501 g/mol. The average molecular weight is 529 g/mol. The van der Waals surface area contributed by atoms with Gasteiger partial charge in [0.05, 0.1) is 24.4 Å². The van der Waals surface area contributed by atoms with Crippen LogP contribution in [0.3, 0.4) is 0 Å². The quantitative estimate of drug-likeness (QED) is 0.0842. The molecular formula is C28H27F3N2O5. The van der Waals surface area contributed by atoms with Crippen LogP contribution in [0.15, 0.2) is 66.7 Å². The third-order valence-corrected chi connectivity index (χ3v) is 5.15. The molecule has 10 heteroatoms. The minimum absolute atomic E-state index is 0.0810. The molecule has 0 saturated heterocycles. The van der Waals surface area contributed by atoms with Crippen LogP contribution in [0.5, 0.6) is 11.5 Å². The van der Waals surface area contributed by atoms with Crippen molar-refractivity contribution in [2.45, 2.75) is 25.9 Å². The van der Waals surface area contributed by atoms with Gasteiger partial charge in [0, 0.05) is 17.8 Å². The highest BCUT2D eigenvalue weighted by molar-refractivity contribution is 6.22. The lowest BCUT2D eigenvalue weighted by Crippen LogP contribution is -2.10. The summed E-state index contributed by atoms with van der Waals surface area (Å²) < 4.78 is 52.4. The number of esters is 2. The van der Waals surface area contributed by atoms with Gasteiger partial charge in [-0.1, -0.05) is 12.1 Å². The van der Waals surface area contributed by atoms with Crippen LogP contribution in [-0.4, -0.2) is 31.3 Å². The largest absolute Gasteiger partial charge is 0.494 e. The molecule has 0 aliphatic carbocycles. The Kier molecular flexibility index (Phi) is 9.37. The lowest BCUT2D eigenvalue weighted by molar-refractivity contribution is -0.137. The van der Waals surface area contributed by atoms with Gasteiger partial charge in [-0.05, 0) is 85.1 Å². The van der Waals surface area contributed by atoms with Crippen LogP contribution >= 0.6 is 0 Å². The lowest BCUT2D eigenvalue weighted by atomic mass is 10.0. The molecule has 0 aromatic heterocycles. The number of carbonyl (C=O) groups excluding carboxylic acids is 2. The summed E-state index contributed by atoms with van der Waals surface area (Å²) in [6.07, 6.45) is -3.68. The molecule has 0 atom stereocenters. The van der Waals surface area contributed by atoms with Crippen molar-refractivity contribution >= 4 is 35.0 Å². The van der Waals surface area contributed by atoms with Gasteiger partial charge in [-0.3, -0.25) is 0 Å². The van der Waals surface area contributed by atoms with Crippen molar-refractivity contribution in [3.05, 3.63) is 83.4 Å². The number of halogens is 3. The van der Waals surface area contributed by atoms with E-state index < -0.39 is 24.5 Å². The first-order valence-electron chi connectivity index (χ1n) is 11.7. The molecule has 0 bridgehead atoms. The standard InChI is InChI=1S/C28H27F3N2O5/c1-2-36-27(35)25(20-15-21(32)17-22(33)16-20)14-18-4-6-19(7-5-18)26(34)38-24-10-8-23(9-11-24)37-13-3-12-28(29,30)31/h4-11,14-17H,2-3,12-13,32-33H2,1H3. The molecule has 3 rings (SSSR count). The number of hydrogen-bond donors (Lipinski definition) is 2. The van der Waals surface area contributed by atoms with Gasteiger partial charge < -0.3 is 25.7 Å². The number of alkyl halides is 3. The Morgan fingerprint density at radius 1 is 0.868 bits per heavy atom. The van der Waals surface area contributed by atoms with Crippen molar-refractivity contribution in [1.82, 2.24) is 0 Å². The molecule has 0 unspecified atom stereocenters. The van der Waals surface area contributed by atoms with Crippen LogP contribution in [0.25, 0.3) is 11.6 Å². The zero-order chi connectivity index (χ0) is 27.7. The van der Waals surface area contributed by atoms with Crippen LogP contribution in [-0.2, 0) is 9.53 Å². The molecule has 0 aliphatic rings. The smallest absolute Gasteiger partial charge is 0.389 e. The number of rotatable bonds is 10. The zero-order valence-electron chi connectivity index (χ0n) is 20.6. The summed E-state index contributed by atoms with van der Waals surface area (Å²) in [6.45, 7) is 1.80. The van der Waals surface area contributed by atoms with Crippen molar-refractivity contribution in [3.8, 4) is 11.5 Å². The highest BCUT2D eigenvalue weighted by Crippen LogP contribution is 2.26. The number of nitrogen functional groups attached to an aromatic ring is 2. The van der Waals surface area contributed by atoms with Crippen LogP contribution in [0.4, 0.5) is 24.5 Å². The van der Waals surface area contributed by atoms with Gasteiger partial charge in [-0.15, -0.1) is 0 Å². The van der Waals surface area contributed by atoms with Gasteiger partial charge >= 0.3 is 18.1 Å². The van der Waals surface area contributed by atoms with Crippen molar-refractivity contribution in [3.63, 3.8) is 0 Å². The second kappa shape index (κ2) is 12.7. The molecule has 0 heterocycles. The summed E-state index contributed by atoms with van der Waals surface area (Å²) in [5, 5.41) is 0. The monoisotopic (exact) mass is 528 g/mol. The Morgan fingerprint density at radius 2 is 1.47 bits per heavy atom. The zero-order valence-corrected chi connectivity index (χ0v) is 20.6. The third-order valence-electron chi connectivity index (χ3n) is 5.15. The van der Waals surface area contributed by atoms with E-state index in [0.717, 1.165) is 0 Å². The van der Waals surface area contributed by atoms with E-state index in [0.29, 0.717) is 28.3 Å². The van der Waals surface area contributed by atoms with E-state index in [1.165, 1.54) is 24.3 Å². The van der Waals surface area contributed by atoms with Crippen molar-refractivity contribution < 1.29 is 37.0 Å². The highest BCUT2D eigenvalue weighted by Gasteiger charge is 2.26. The summed E-state index contributed by atoms with van der Waals surface area (Å²) in [4.78, 5) is 25.1. The van der Waals surface area contributed by atoms with E-state index in [9.17, 15) is 22.8 Å². The van der Waals surface area contributed by atoms with E-state index >= 15 is 0 Å². The molecule has 7 nitrogen and oxygen atoms in total. The minimum Gasteiger partial charge on any atom is -0.494 e. The fourth-order valence-corrected chi connectivity index (χ4v) is 3.42.